The fourth-order valence-corrected chi connectivity index (χ4v) is 2.38. The van der Waals surface area contributed by atoms with Crippen molar-refractivity contribution in [2.75, 3.05) is 0 Å². The summed E-state index contributed by atoms with van der Waals surface area (Å²) < 4.78 is 34.7. The number of hydrogen-bond acceptors (Lipinski definition) is 2. The van der Waals surface area contributed by atoms with Gasteiger partial charge in [0, 0.05) is 0 Å². The molecule has 1 aromatic carbocycles. The van der Waals surface area contributed by atoms with Gasteiger partial charge in [0.15, 0.2) is 0 Å². The first-order chi connectivity index (χ1) is 5.84. The molecule has 0 heterocycles. The molecule has 0 bridgehead atoms. The van der Waals surface area contributed by atoms with Gasteiger partial charge in [0.1, 0.15) is 10.7 Å². The highest BCUT2D eigenvalue weighted by atomic mass is 35.5. The molecule has 0 saturated heterocycles. The van der Waals surface area contributed by atoms with Gasteiger partial charge in [0.25, 0.3) is 0 Å². The van der Waals surface area contributed by atoms with Crippen molar-refractivity contribution in [3.63, 3.8) is 0 Å². The van der Waals surface area contributed by atoms with Crippen LogP contribution in [0.2, 0.25) is 5.02 Å². The van der Waals surface area contributed by atoms with Crippen LogP contribution in [0.5, 0.6) is 0 Å². The van der Waals surface area contributed by atoms with E-state index in [2.05, 4.69) is 0 Å². The third kappa shape index (κ3) is 1.99. The van der Waals surface area contributed by atoms with Crippen molar-refractivity contribution in [2.45, 2.75) is 11.8 Å². The van der Waals surface area contributed by atoms with Crippen molar-refractivity contribution < 1.29 is 12.8 Å². The summed E-state index contributed by atoms with van der Waals surface area (Å²) in [5, 5.41) is 4.39. The summed E-state index contributed by atoms with van der Waals surface area (Å²) in [6, 6.07) is 2.40. The van der Waals surface area contributed by atoms with E-state index in [0.29, 0.717) is 5.56 Å². The van der Waals surface area contributed by atoms with Crippen molar-refractivity contribution in [3.8, 4) is 0 Å². The summed E-state index contributed by atoms with van der Waals surface area (Å²) >= 11 is 5.45. The number of nitrogens with two attached hydrogens (primary N) is 1. The quantitative estimate of drug-likeness (QED) is 0.783. The molecule has 0 aliphatic rings. The van der Waals surface area contributed by atoms with Gasteiger partial charge in [-0.15, -0.1) is 0 Å². The number of rotatable bonds is 1. The predicted molar refractivity (Wildman–Crippen MR) is 47.5 cm³/mol. The lowest BCUT2D eigenvalue weighted by atomic mass is 10.2. The van der Waals surface area contributed by atoms with E-state index in [1.54, 1.807) is 0 Å². The molecule has 0 unspecified atom stereocenters. The van der Waals surface area contributed by atoms with Gasteiger partial charge >= 0.3 is 0 Å². The second kappa shape index (κ2) is 3.25. The Morgan fingerprint density at radius 1 is 1.46 bits per heavy atom. The molecule has 0 fully saturated rings. The number of primary sulfonamides is 1. The predicted octanol–water partition coefficient (Wildman–Crippen LogP) is 1.43. The second-order valence-corrected chi connectivity index (χ2v) is 4.43. The van der Waals surface area contributed by atoms with Gasteiger partial charge in [0.05, 0.1) is 5.02 Å². The molecule has 1 rings (SSSR count). The average molecular weight is 224 g/mol. The van der Waals surface area contributed by atoms with Crippen molar-refractivity contribution in [1.82, 2.24) is 0 Å². The SMILES string of the molecule is Cc1ccc(F)c(Cl)c1S(N)(=O)=O. The zero-order chi connectivity index (χ0) is 10.2. The van der Waals surface area contributed by atoms with Crippen LogP contribution in [0.3, 0.4) is 0 Å². The first kappa shape index (κ1) is 10.4. The summed E-state index contributed by atoms with van der Waals surface area (Å²) in [5.41, 5.74) is 0.328. The molecule has 1 aromatic rings. The highest BCUT2D eigenvalue weighted by molar-refractivity contribution is 7.89. The van der Waals surface area contributed by atoms with Crippen LogP contribution in [0.4, 0.5) is 4.39 Å². The largest absolute Gasteiger partial charge is 0.239 e. The Balaban J connectivity index is 3.62. The number of sulfonamides is 1. The molecule has 72 valence electrons. The molecule has 13 heavy (non-hydrogen) atoms. The topological polar surface area (TPSA) is 60.2 Å². The maximum atomic E-state index is 12.8. The first-order valence-corrected chi connectivity index (χ1v) is 5.24. The Labute approximate surface area is 80.4 Å². The summed E-state index contributed by atoms with van der Waals surface area (Å²) in [7, 11) is -3.96. The standard InChI is InChI=1S/C7H7ClFNO2S/c1-4-2-3-5(9)6(8)7(4)13(10,11)12/h2-3H,1H3,(H2,10,11,12). The Kier molecular flexibility index (Phi) is 2.61. The zero-order valence-electron chi connectivity index (χ0n) is 6.71. The lowest BCUT2D eigenvalue weighted by Crippen LogP contribution is -2.14. The molecule has 2 N–H and O–H groups in total. The molecule has 0 amide bonds. The molecular weight excluding hydrogens is 217 g/mol. The molecule has 0 spiro atoms. The van der Waals surface area contributed by atoms with E-state index in [1.807, 2.05) is 0 Å². The van der Waals surface area contributed by atoms with Gasteiger partial charge in [0.2, 0.25) is 10.0 Å². The fourth-order valence-electron chi connectivity index (χ4n) is 0.978. The summed E-state index contributed by atoms with van der Waals surface area (Å²) in [5.74, 6) is -0.795. The highest BCUT2D eigenvalue weighted by Gasteiger charge is 2.18. The van der Waals surface area contributed by atoms with Crippen molar-refractivity contribution in [3.05, 3.63) is 28.5 Å². The number of hydrogen-bond donors (Lipinski definition) is 1. The lowest BCUT2D eigenvalue weighted by Gasteiger charge is -2.05. The maximum absolute atomic E-state index is 12.8. The molecule has 6 heteroatoms. The third-order valence-corrected chi connectivity index (χ3v) is 3.11. The molecule has 0 saturated carbocycles. The average Bonchev–Trinajstić information content (AvgIpc) is 1.95. The van der Waals surface area contributed by atoms with E-state index >= 15 is 0 Å². The highest BCUT2D eigenvalue weighted by Crippen LogP contribution is 2.26. The number of aryl methyl sites for hydroxylation is 1. The molecule has 0 aliphatic carbocycles. The summed E-state index contributed by atoms with van der Waals surface area (Å²) in [6.07, 6.45) is 0. The Morgan fingerprint density at radius 3 is 2.38 bits per heavy atom. The molecular formula is C7H7ClFNO2S. The monoisotopic (exact) mass is 223 g/mol. The maximum Gasteiger partial charge on any atom is 0.239 e. The van der Waals surface area contributed by atoms with Crippen LogP contribution in [-0.2, 0) is 10.0 Å². The molecule has 0 atom stereocenters. The normalized spacial score (nSPS) is 11.7. The van der Waals surface area contributed by atoms with Crippen LogP contribution >= 0.6 is 11.6 Å². The van der Waals surface area contributed by atoms with E-state index < -0.39 is 20.9 Å². The fraction of sp³-hybridized carbons (Fsp3) is 0.143. The molecule has 0 aromatic heterocycles. The lowest BCUT2D eigenvalue weighted by molar-refractivity contribution is 0.591. The summed E-state index contributed by atoms with van der Waals surface area (Å²) in [6.45, 7) is 1.49. The van der Waals surface area contributed by atoms with Gasteiger partial charge in [-0.1, -0.05) is 17.7 Å². The van der Waals surface area contributed by atoms with Gasteiger partial charge in [-0.2, -0.15) is 0 Å². The van der Waals surface area contributed by atoms with Gasteiger partial charge in [-0.25, -0.2) is 17.9 Å². The Morgan fingerprint density at radius 2 is 2.00 bits per heavy atom. The van der Waals surface area contributed by atoms with Crippen LogP contribution < -0.4 is 5.14 Å². The van der Waals surface area contributed by atoms with Gasteiger partial charge < -0.3 is 0 Å². The van der Waals surface area contributed by atoms with E-state index in [-0.39, 0.29) is 4.90 Å². The molecule has 3 nitrogen and oxygen atoms in total. The molecule has 0 aliphatic heterocycles. The number of benzene rings is 1. The smallest absolute Gasteiger partial charge is 0.225 e. The number of halogens is 2. The Hall–Kier alpha value is -0.650. The van der Waals surface area contributed by atoms with Crippen LogP contribution in [0.25, 0.3) is 0 Å². The zero-order valence-corrected chi connectivity index (χ0v) is 8.29. The second-order valence-electron chi connectivity index (χ2n) is 2.55. The minimum absolute atomic E-state index is 0.328. The van der Waals surface area contributed by atoms with Crippen molar-refractivity contribution >= 4 is 21.6 Å². The van der Waals surface area contributed by atoms with Crippen LogP contribution in [0.15, 0.2) is 17.0 Å². The van der Waals surface area contributed by atoms with E-state index in [4.69, 9.17) is 16.7 Å². The molecule has 0 radical (unpaired) electrons. The summed E-state index contributed by atoms with van der Waals surface area (Å²) in [4.78, 5) is -0.353. The minimum atomic E-state index is -3.96. The minimum Gasteiger partial charge on any atom is -0.225 e. The van der Waals surface area contributed by atoms with Crippen molar-refractivity contribution in [1.29, 1.82) is 0 Å². The van der Waals surface area contributed by atoms with E-state index in [0.717, 1.165) is 6.07 Å². The van der Waals surface area contributed by atoms with Crippen molar-refractivity contribution in [2.24, 2.45) is 5.14 Å². The third-order valence-electron chi connectivity index (χ3n) is 1.53. The van der Waals surface area contributed by atoms with E-state index in [9.17, 15) is 12.8 Å². The van der Waals surface area contributed by atoms with Crippen LogP contribution in [0, 0.1) is 12.7 Å². The first-order valence-electron chi connectivity index (χ1n) is 3.31. The van der Waals surface area contributed by atoms with E-state index in [1.165, 1.54) is 13.0 Å². The van der Waals surface area contributed by atoms with Gasteiger partial charge in [-0.05, 0) is 18.6 Å². The van der Waals surface area contributed by atoms with Crippen LogP contribution in [-0.4, -0.2) is 8.42 Å². The Bertz CT molecular complexity index is 444. The van der Waals surface area contributed by atoms with Gasteiger partial charge in [-0.3, -0.25) is 0 Å². The van der Waals surface area contributed by atoms with Crippen LogP contribution in [0.1, 0.15) is 5.56 Å².